The molecule has 1 N–H and O–H groups in total. The largest absolute Gasteiger partial charge is 0.392 e. The second-order valence-electron chi connectivity index (χ2n) is 4.52. The molecular formula is C16H17ClO. The molecule has 0 saturated heterocycles. The minimum atomic E-state index is -0.465. The first-order valence-corrected chi connectivity index (χ1v) is 6.63. The molecule has 94 valence electrons. The summed E-state index contributed by atoms with van der Waals surface area (Å²) in [5.74, 6) is 0.278. The average molecular weight is 261 g/mol. The second kappa shape index (κ2) is 6.03. The molecule has 0 aliphatic heterocycles. The lowest BCUT2D eigenvalue weighted by Crippen LogP contribution is -2.12. The fourth-order valence-electron chi connectivity index (χ4n) is 2.04. The highest BCUT2D eigenvalue weighted by atomic mass is 35.5. The molecule has 0 bridgehead atoms. The molecule has 2 heteroatoms. The Hall–Kier alpha value is -1.31. The summed E-state index contributed by atoms with van der Waals surface area (Å²) in [7, 11) is 0. The van der Waals surface area contributed by atoms with Gasteiger partial charge >= 0.3 is 0 Å². The van der Waals surface area contributed by atoms with Crippen molar-refractivity contribution in [3.63, 3.8) is 0 Å². The second-order valence-corrected chi connectivity index (χ2v) is 4.83. The molecule has 0 aliphatic carbocycles. The normalized spacial score (nSPS) is 12.4. The third-order valence-electron chi connectivity index (χ3n) is 3.08. The fourth-order valence-corrected chi connectivity index (χ4v) is 2.15. The number of aliphatic hydroxyl groups is 1. The van der Waals surface area contributed by atoms with Crippen molar-refractivity contribution in [2.45, 2.75) is 19.4 Å². The van der Waals surface area contributed by atoms with E-state index in [1.807, 2.05) is 18.2 Å². The monoisotopic (exact) mass is 260 g/mol. The minimum absolute atomic E-state index is 0.278. The van der Waals surface area contributed by atoms with Gasteiger partial charge in [0.05, 0.1) is 6.10 Å². The topological polar surface area (TPSA) is 20.2 Å². The van der Waals surface area contributed by atoms with Crippen molar-refractivity contribution in [2.75, 3.05) is 5.88 Å². The van der Waals surface area contributed by atoms with Crippen LogP contribution in [0.2, 0.25) is 0 Å². The van der Waals surface area contributed by atoms with E-state index in [9.17, 15) is 5.11 Å². The average Bonchev–Trinajstić information content (AvgIpc) is 2.42. The van der Waals surface area contributed by atoms with Crippen LogP contribution in [0, 0.1) is 6.92 Å². The Morgan fingerprint density at radius 1 is 1.06 bits per heavy atom. The van der Waals surface area contributed by atoms with Crippen molar-refractivity contribution in [1.29, 1.82) is 0 Å². The lowest BCUT2D eigenvalue weighted by molar-refractivity contribution is 0.198. The van der Waals surface area contributed by atoms with Gasteiger partial charge in [-0.2, -0.15) is 0 Å². The van der Waals surface area contributed by atoms with E-state index in [1.165, 1.54) is 16.7 Å². The number of hydrogen-bond donors (Lipinski definition) is 1. The smallest absolute Gasteiger partial charge is 0.0715 e. The Bertz CT molecular complexity index is 508. The zero-order valence-electron chi connectivity index (χ0n) is 10.4. The Labute approximate surface area is 113 Å². The van der Waals surface area contributed by atoms with Crippen molar-refractivity contribution in [1.82, 2.24) is 0 Å². The molecule has 0 unspecified atom stereocenters. The van der Waals surface area contributed by atoms with Gasteiger partial charge in [-0.15, -0.1) is 11.6 Å². The molecule has 0 aromatic heterocycles. The maximum absolute atomic E-state index is 9.59. The molecule has 0 aliphatic rings. The van der Waals surface area contributed by atoms with Gasteiger partial charge in [0.2, 0.25) is 0 Å². The molecule has 1 nitrogen and oxygen atoms in total. The summed E-state index contributed by atoms with van der Waals surface area (Å²) in [4.78, 5) is 0. The van der Waals surface area contributed by atoms with Gasteiger partial charge in [-0.1, -0.05) is 48.5 Å². The molecule has 0 fully saturated rings. The van der Waals surface area contributed by atoms with Gasteiger partial charge in [0.25, 0.3) is 0 Å². The molecule has 2 aromatic rings. The van der Waals surface area contributed by atoms with E-state index >= 15 is 0 Å². The van der Waals surface area contributed by atoms with Crippen molar-refractivity contribution in [2.24, 2.45) is 0 Å². The van der Waals surface area contributed by atoms with E-state index < -0.39 is 6.10 Å². The lowest BCUT2D eigenvalue weighted by Gasteiger charge is -2.11. The minimum Gasteiger partial charge on any atom is -0.392 e. The van der Waals surface area contributed by atoms with Crippen LogP contribution >= 0.6 is 11.6 Å². The third-order valence-corrected chi connectivity index (χ3v) is 3.44. The molecule has 0 amide bonds. The zero-order chi connectivity index (χ0) is 13.0. The molecule has 2 aromatic carbocycles. The van der Waals surface area contributed by atoms with Crippen molar-refractivity contribution in [3.8, 4) is 11.1 Å². The van der Waals surface area contributed by atoms with Gasteiger partial charge in [-0.05, 0) is 35.6 Å². The Morgan fingerprint density at radius 2 is 1.78 bits per heavy atom. The highest BCUT2D eigenvalue weighted by Crippen LogP contribution is 2.22. The molecule has 0 heterocycles. The van der Waals surface area contributed by atoms with Crippen LogP contribution in [-0.4, -0.2) is 17.1 Å². The summed E-state index contributed by atoms with van der Waals surface area (Å²) in [6.45, 7) is 2.07. The SMILES string of the molecule is Cc1cc(-c2ccccc2)ccc1C[C@H](O)CCl. The number of aliphatic hydroxyl groups excluding tert-OH is 1. The summed E-state index contributed by atoms with van der Waals surface area (Å²) < 4.78 is 0. The van der Waals surface area contributed by atoms with E-state index in [-0.39, 0.29) is 5.88 Å². The Balaban J connectivity index is 2.25. The molecular weight excluding hydrogens is 244 g/mol. The van der Waals surface area contributed by atoms with Crippen LogP contribution in [0.25, 0.3) is 11.1 Å². The quantitative estimate of drug-likeness (QED) is 0.829. The molecule has 1 atom stereocenters. The van der Waals surface area contributed by atoms with Gasteiger partial charge in [0, 0.05) is 5.88 Å². The molecule has 2 rings (SSSR count). The summed E-state index contributed by atoms with van der Waals surface area (Å²) >= 11 is 5.63. The first kappa shape index (κ1) is 13.1. The van der Waals surface area contributed by atoms with Crippen LogP contribution in [0.3, 0.4) is 0 Å². The summed E-state index contributed by atoms with van der Waals surface area (Å²) in [6.07, 6.45) is 0.151. The van der Waals surface area contributed by atoms with Crippen molar-refractivity contribution in [3.05, 3.63) is 59.7 Å². The van der Waals surface area contributed by atoms with Crippen LogP contribution in [-0.2, 0) is 6.42 Å². The fraction of sp³-hybridized carbons (Fsp3) is 0.250. The number of rotatable bonds is 4. The molecule has 0 spiro atoms. The summed E-state index contributed by atoms with van der Waals surface area (Å²) in [5, 5.41) is 9.59. The van der Waals surface area contributed by atoms with Crippen LogP contribution in [0.15, 0.2) is 48.5 Å². The van der Waals surface area contributed by atoms with Crippen molar-refractivity contribution >= 4 is 11.6 Å². The number of aryl methyl sites for hydroxylation is 1. The van der Waals surface area contributed by atoms with Gasteiger partial charge < -0.3 is 5.11 Å². The Kier molecular flexibility index (Phi) is 4.40. The van der Waals surface area contributed by atoms with Crippen LogP contribution in [0.5, 0.6) is 0 Å². The first-order chi connectivity index (χ1) is 8.70. The van der Waals surface area contributed by atoms with Crippen LogP contribution < -0.4 is 0 Å². The van der Waals surface area contributed by atoms with Gasteiger partial charge in [-0.25, -0.2) is 0 Å². The maximum atomic E-state index is 9.59. The highest BCUT2D eigenvalue weighted by molar-refractivity contribution is 6.18. The standard InChI is InChI=1S/C16H17ClO/c1-12-9-15(13-5-3-2-4-6-13)8-7-14(12)10-16(18)11-17/h2-9,16,18H,10-11H2,1H3/t16-/m0/s1. The van der Waals surface area contributed by atoms with E-state index in [1.54, 1.807) is 0 Å². The molecule has 0 radical (unpaired) electrons. The van der Waals surface area contributed by atoms with Gasteiger partial charge in [0.1, 0.15) is 0 Å². The van der Waals surface area contributed by atoms with E-state index in [0.717, 1.165) is 5.56 Å². The van der Waals surface area contributed by atoms with E-state index in [4.69, 9.17) is 11.6 Å². The van der Waals surface area contributed by atoms with Crippen LogP contribution in [0.1, 0.15) is 11.1 Å². The maximum Gasteiger partial charge on any atom is 0.0715 e. The third kappa shape index (κ3) is 3.12. The Morgan fingerprint density at radius 3 is 2.39 bits per heavy atom. The lowest BCUT2D eigenvalue weighted by atomic mass is 9.97. The van der Waals surface area contributed by atoms with Crippen LogP contribution in [0.4, 0.5) is 0 Å². The van der Waals surface area contributed by atoms with Gasteiger partial charge in [-0.3, -0.25) is 0 Å². The molecule has 0 saturated carbocycles. The molecule has 18 heavy (non-hydrogen) atoms. The number of halogens is 1. The predicted molar refractivity (Wildman–Crippen MR) is 77.0 cm³/mol. The first-order valence-electron chi connectivity index (χ1n) is 6.09. The summed E-state index contributed by atoms with van der Waals surface area (Å²) in [6, 6.07) is 16.6. The van der Waals surface area contributed by atoms with Gasteiger partial charge in [0.15, 0.2) is 0 Å². The van der Waals surface area contributed by atoms with E-state index in [2.05, 4.69) is 37.3 Å². The predicted octanol–water partition coefficient (Wildman–Crippen LogP) is 3.80. The van der Waals surface area contributed by atoms with E-state index in [0.29, 0.717) is 6.42 Å². The highest BCUT2D eigenvalue weighted by Gasteiger charge is 2.07. The number of hydrogen-bond acceptors (Lipinski definition) is 1. The number of alkyl halides is 1. The van der Waals surface area contributed by atoms with Crippen molar-refractivity contribution < 1.29 is 5.11 Å². The zero-order valence-corrected chi connectivity index (χ0v) is 11.2. The number of benzene rings is 2. The summed E-state index contributed by atoms with van der Waals surface area (Å²) in [5.41, 5.74) is 4.77.